The summed E-state index contributed by atoms with van der Waals surface area (Å²) in [7, 11) is -4.72. The lowest BCUT2D eigenvalue weighted by molar-refractivity contribution is -0.118. The number of aromatic nitrogens is 1. The monoisotopic (exact) mass is 361 g/mol. The van der Waals surface area contributed by atoms with Crippen LogP contribution in [0.25, 0.3) is 10.9 Å². The lowest BCUT2D eigenvalue weighted by Crippen LogP contribution is -2.39. The van der Waals surface area contributed by atoms with E-state index in [1.54, 1.807) is 18.3 Å². The smallest absolute Gasteiger partial charge is 0.352 e. The van der Waals surface area contributed by atoms with Gasteiger partial charge in [-0.2, -0.15) is 0 Å². The molecule has 0 spiro atoms. The number of carbonyl (C=O) groups excluding carboxylic acids is 2. The summed E-state index contributed by atoms with van der Waals surface area (Å²) in [6, 6.07) is 7.90. The number of hydrogen-bond donors (Lipinski definition) is 5. The van der Waals surface area contributed by atoms with Crippen molar-refractivity contribution in [3.05, 3.63) is 36.5 Å². The Hall–Kier alpha value is -2.19. The Kier molecular flexibility index (Phi) is 6.47. The van der Waals surface area contributed by atoms with Crippen molar-refractivity contribution in [2.45, 2.75) is 5.12 Å². The molecule has 3 amide bonds. The van der Waals surface area contributed by atoms with Crippen LogP contribution in [0.3, 0.4) is 0 Å². The zero-order valence-corrected chi connectivity index (χ0v) is 13.1. The summed E-state index contributed by atoms with van der Waals surface area (Å²) in [5.74, 6) is -1.08. The molecule has 1 heterocycles. The van der Waals surface area contributed by atoms with Crippen molar-refractivity contribution in [3.63, 3.8) is 0 Å². The van der Waals surface area contributed by atoms with Crippen LogP contribution in [0.15, 0.2) is 36.5 Å². The second-order valence-corrected chi connectivity index (χ2v) is 6.57. The summed E-state index contributed by atoms with van der Waals surface area (Å²) >= 11 is 4.97. The zero-order valence-electron chi connectivity index (χ0n) is 11.5. The number of halogens is 1. The lowest BCUT2D eigenvalue weighted by Gasteiger charge is -2.08. The highest BCUT2D eigenvalue weighted by Crippen LogP contribution is 2.43. The van der Waals surface area contributed by atoms with Gasteiger partial charge in [0, 0.05) is 11.6 Å². The first-order chi connectivity index (χ1) is 10.6. The van der Waals surface area contributed by atoms with E-state index in [-0.39, 0.29) is 5.75 Å². The largest absolute Gasteiger partial charge is 0.506 e. The zero-order chi connectivity index (χ0) is 17.6. The van der Waals surface area contributed by atoms with Gasteiger partial charge in [-0.1, -0.05) is 29.8 Å². The Balaban J connectivity index is 0.000000230. The number of para-hydroxylation sites is 1. The van der Waals surface area contributed by atoms with Crippen molar-refractivity contribution in [2.24, 2.45) is 5.73 Å². The van der Waals surface area contributed by atoms with Crippen LogP contribution in [0, 0.1) is 0 Å². The number of fused-ring (bicyclic) bond motifs is 1. The van der Waals surface area contributed by atoms with E-state index in [0.29, 0.717) is 5.52 Å². The van der Waals surface area contributed by atoms with Crippen molar-refractivity contribution in [3.8, 4) is 5.75 Å². The molecule has 1 aromatic heterocycles. The van der Waals surface area contributed by atoms with Crippen LogP contribution in [0.5, 0.6) is 5.75 Å². The maximum atomic E-state index is 10.6. The number of amides is 3. The fourth-order valence-electron chi connectivity index (χ4n) is 1.42. The van der Waals surface area contributed by atoms with Crippen LogP contribution in [-0.2, 0) is 9.36 Å². The van der Waals surface area contributed by atoms with Crippen LogP contribution in [0.1, 0.15) is 0 Å². The van der Waals surface area contributed by atoms with Gasteiger partial charge in [0.05, 0.1) is 0 Å². The van der Waals surface area contributed by atoms with Crippen LogP contribution in [0.4, 0.5) is 4.79 Å². The number of rotatable bonds is 2. The minimum Gasteiger partial charge on any atom is -0.506 e. The van der Waals surface area contributed by atoms with Crippen LogP contribution in [-0.4, -0.2) is 36.9 Å². The highest BCUT2D eigenvalue weighted by molar-refractivity contribution is 7.55. The molecule has 1 aromatic carbocycles. The van der Waals surface area contributed by atoms with Crippen molar-refractivity contribution < 1.29 is 29.0 Å². The number of pyridine rings is 1. The van der Waals surface area contributed by atoms with Gasteiger partial charge in [-0.15, -0.1) is 0 Å². The number of imide groups is 1. The number of aromatic hydroxyl groups is 1. The molecule has 0 aliphatic carbocycles. The number of nitrogens with two attached hydrogens (primary N) is 1. The summed E-state index contributed by atoms with van der Waals surface area (Å²) in [5, 5.41) is 9.61. The molecule has 0 saturated carbocycles. The number of benzene rings is 1. The van der Waals surface area contributed by atoms with Gasteiger partial charge in [-0.25, -0.2) is 4.79 Å². The molecule has 0 saturated heterocycles. The van der Waals surface area contributed by atoms with Crippen LogP contribution in [0.2, 0.25) is 0 Å². The highest BCUT2D eigenvalue weighted by atomic mass is 35.5. The van der Waals surface area contributed by atoms with Gasteiger partial charge in [0.15, 0.2) is 0 Å². The minimum absolute atomic E-state index is 0.239. The summed E-state index contributed by atoms with van der Waals surface area (Å²) in [4.78, 5) is 41.3. The number of alkyl halides is 1. The molecule has 1 atom stereocenters. The summed E-state index contributed by atoms with van der Waals surface area (Å²) in [6.45, 7) is 0. The lowest BCUT2D eigenvalue weighted by atomic mass is 10.2. The van der Waals surface area contributed by atoms with Gasteiger partial charge in [0.2, 0.25) is 5.12 Å². The minimum atomic E-state index is -4.72. The average molecular weight is 362 g/mol. The fourth-order valence-corrected chi connectivity index (χ4v) is 1.85. The number of phenols is 1. The Morgan fingerprint density at radius 2 is 1.87 bits per heavy atom. The topological polar surface area (TPSA) is 163 Å². The summed E-state index contributed by atoms with van der Waals surface area (Å²) in [5.41, 5.74) is 5.15. The molecule has 23 heavy (non-hydrogen) atoms. The third-order valence-corrected chi connectivity index (χ3v) is 4.16. The first kappa shape index (κ1) is 18.9. The van der Waals surface area contributed by atoms with Gasteiger partial charge in [0.25, 0.3) is 5.91 Å². The highest BCUT2D eigenvalue weighted by Gasteiger charge is 2.34. The number of nitrogens with zero attached hydrogens (tertiary/aromatic N) is 1. The molecule has 9 nitrogen and oxygen atoms in total. The van der Waals surface area contributed by atoms with Crippen molar-refractivity contribution >= 4 is 42.0 Å². The molecule has 11 heteroatoms. The number of nitrogens with one attached hydrogen (secondary N) is 1. The molecule has 0 radical (unpaired) electrons. The quantitative estimate of drug-likeness (QED) is 0.391. The van der Waals surface area contributed by atoms with Gasteiger partial charge >= 0.3 is 13.6 Å². The van der Waals surface area contributed by atoms with Gasteiger partial charge < -0.3 is 20.6 Å². The molecule has 0 aliphatic heterocycles. The van der Waals surface area contributed by atoms with E-state index in [9.17, 15) is 19.3 Å². The Labute approximate surface area is 135 Å². The van der Waals surface area contributed by atoms with E-state index >= 15 is 0 Å². The van der Waals surface area contributed by atoms with Crippen LogP contribution < -0.4 is 11.1 Å². The molecule has 6 N–H and O–H groups in total. The number of hydrogen-bond acceptors (Lipinski definition) is 5. The van der Waals surface area contributed by atoms with Crippen LogP contribution >= 0.6 is 19.2 Å². The maximum Gasteiger partial charge on any atom is 0.352 e. The molecule has 0 bridgehead atoms. The standard InChI is InChI=1S/C9H7NO.C3H6ClN2O5P/c11-8-5-1-3-7-4-2-6-10-9(7)8;4-1(12(9,10)11)2(7)6-3(5)8/h1-6,11H;1H,(H2,9,10,11)(H3,5,6,7,8). The number of phenolic OH excluding ortho intramolecular Hbond substituents is 1. The summed E-state index contributed by atoms with van der Waals surface area (Å²) < 4.78 is 10.3. The first-order valence-corrected chi connectivity index (χ1v) is 8.07. The van der Waals surface area contributed by atoms with Crippen molar-refractivity contribution in [2.75, 3.05) is 0 Å². The molecule has 124 valence electrons. The number of carbonyl (C=O) groups is 2. The third-order valence-electron chi connectivity index (χ3n) is 2.37. The first-order valence-electron chi connectivity index (χ1n) is 5.95. The SMILES string of the molecule is NC(=O)NC(=O)C(Cl)P(=O)(O)O.Oc1cccc2cccnc12. The Morgan fingerprint density at radius 3 is 2.39 bits per heavy atom. The van der Waals surface area contributed by atoms with Gasteiger partial charge in [-0.05, 0) is 12.1 Å². The van der Waals surface area contributed by atoms with E-state index in [2.05, 4.69) is 10.7 Å². The molecule has 1 unspecified atom stereocenters. The van der Waals surface area contributed by atoms with Crippen molar-refractivity contribution in [1.82, 2.24) is 10.3 Å². The molecule has 2 rings (SSSR count). The Bertz CT molecular complexity index is 760. The molecule has 0 fully saturated rings. The number of urea groups is 1. The van der Waals surface area contributed by atoms with Crippen molar-refractivity contribution in [1.29, 1.82) is 0 Å². The summed E-state index contributed by atoms with van der Waals surface area (Å²) in [6.07, 6.45) is 1.67. The van der Waals surface area contributed by atoms with E-state index < -0.39 is 24.7 Å². The molecular weight excluding hydrogens is 349 g/mol. The Morgan fingerprint density at radius 1 is 1.26 bits per heavy atom. The van der Waals surface area contributed by atoms with Gasteiger partial charge in [0.1, 0.15) is 11.3 Å². The van der Waals surface area contributed by atoms with E-state index in [1.807, 2.05) is 18.2 Å². The second kappa shape index (κ2) is 7.89. The third kappa shape index (κ3) is 5.84. The molecule has 2 aromatic rings. The van der Waals surface area contributed by atoms with E-state index in [4.69, 9.17) is 21.4 Å². The van der Waals surface area contributed by atoms with E-state index in [1.165, 1.54) is 5.32 Å². The molecular formula is C12H13ClN3O6P. The number of primary amides is 1. The maximum absolute atomic E-state index is 10.6. The molecule has 0 aliphatic rings. The van der Waals surface area contributed by atoms with E-state index in [0.717, 1.165) is 5.39 Å². The normalized spacial score (nSPS) is 12.0. The second-order valence-electron chi connectivity index (χ2n) is 4.13. The average Bonchev–Trinajstić information content (AvgIpc) is 2.46. The van der Waals surface area contributed by atoms with Gasteiger partial charge in [-0.3, -0.25) is 19.7 Å². The fraction of sp³-hybridized carbons (Fsp3) is 0.0833. The predicted molar refractivity (Wildman–Crippen MR) is 82.8 cm³/mol. The predicted octanol–water partition coefficient (Wildman–Crippen LogP) is 0.864.